The van der Waals surface area contributed by atoms with Crippen LogP contribution in [0.5, 0.6) is 0 Å². The van der Waals surface area contributed by atoms with Gasteiger partial charge in [-0.1, -0.05) is 29.8 Å². The average Bonchev–Trinajstić information content (AvgIpc) is 2.28. The van der Waals surface area contributed by atoms with Crippen LogP contribution in [-0.4, -0.2) is 28.4 Å². The van der Waals surface area contributed by atoms with Crippen molar-refractivity contribution in [3.63, 3.8) is 0 Å². The van der Waals surface area contributed by atoms with E-state index in [1.54, 1.807) is 24.3 Å². The lowest BCUT2D eigenvalue weighted by Gasteiger charge is -2.29. The number of aliphatic carboxylic acids is 2. The van der Waals surface area contributed by atoms with E-state index in [9.17, 15) is 14.4 Å². The summed E-state index contributed by atoms with van der Waals surface area (Å²) >= 11 is 0. The molecule has 2 N–H and O–H groups in total. The largest absolute Gasteiger partial charge is 0.481 e. The van der Waals surface area contributed by atoms with Crippen molar-refractivity contribution in [1.29, 1.82) is 0 Å². The topological polar surface area (TPSA) is 91.7 Å². The minimum atomic E-state index is -1.19. The zero-order valence-corrected chi connectivity index (χ0v) is 10.6. The number of carbonyl (C=O) groups excluding carboxylic acids is 1. The van der Waals surface area contributed by atoms with Crippen LogP contribution < -0.4 is 0 Å². The highest BCUT2D eigenvalue weighted by Gasteiger charge is 2.36. The van der Waals surface area contributed by atoms with Gasteiger partial charge in [0.2, 0.25) is 0 Å². The van der Waals surface area contributed by atoms with Crippen LogP contribution >= 0.6 is 0 Å². The molecule has 0 amide bonds. The van der Waals surface area contributed by atoms with Crippen LogP contribution in [0, 0.1) is 6.92 Å². The van der Waals surface area contributed by atoms with Gasteiger partial charge in [-0.15, -0.1) is 0 Å². The molecule has 1 rings (SSSR count). The second-order valence-corrected chi connectivity index (χ2v) is 4.66. The Balaban J connectivity index is 3.26. The molecule has 1 aromatic rings. The maximum Gasteiger partial charge on any atom is 0.304 e. The molecule has 0 aromatic heterocycles. The Morgan fingerprint density at radius 2 is 1.58 bits per heavy atom. The highest BCUT2D eigenvalue weighted by Crippen LogP contribution is 2.35. The van der Waals surface area contributed by atoms with Crippen LogP contribution in [0.1, 0.15) is 30.4 Å². The number of aryl methyl sites for hydroxylation is 1. The summed E-state index contributed by atoms with van der Waals surface area (Å²) in [6, 6.07) is 6.92. The Morgan fingerprint density at radius 1 is 1.11 bits per heavy atom. The molecule has 1 aromatic carbocycles. The molecule has 0 saturated carbocycles. The molecule has 0 aliphatic heterocycles. The quantitative estimate of drug-likeness (QED) is 0.732. The first-order valence-corrected chi connectivity index (χ1v) is 5.84. The summed E-state index contributed by atoms with van der Waals surface area (Å²) in [6.45, 7) is 1.87. The van der Waals surface area contributed by atoms with Gasteiger partial charge < -0.3 is 15.0 Å². The van der Waals surface area contributed by atoms with Crippen LogP contribution in [0.25, 0.3) is 0 Å². The minimum absolute atomic E-state index is 0.130. The summed E-state index contributed by atoms with van der Waals surface area (Å²) in [7, 11) is 0. The molecule has 0 atom stereocenters. The van der Waals surface area contributed by atoms with Crippen molar-refractivity contribution >= 4 is 18.2 Å². The van der Waals surface area contributed by atoms with Gasteiger partial charge in [0.15, 0.2) is 0 Å². The van der Waals surface area contributed by atoms with Crippen LogP contribution in [-0.2, 0) is 19.8 Å². The predicted octanol–water partition coefficient (Wildman–Crippen LogP) is 1.77. The molecule has 0 unspecified atom stereocenters. The molecule has 0 bridgehead atoms. The van der Waals surface area contributed by atoms with E-state index in [2.05, 4.69) is 0 Å². The van der Waals surface area contributed by atoms with E-state index in [0.717, 1.165) is 5.56 Å². The van der Waals surface area contributed by atoms with Crippen molar-refractivity contribution in [1.82, 2.24) is 0 Å². The average molecular weight is 264 g/mol. The number of aldehydes is 1. The van der Waals surface area contributed by atoms with Crippen molar-refractivity contribution in [2.24, 2.45) is 0 Å². The van der Waals surface area contributed by atoms with E-state index < -0.39 is 17.4 Å². The van der Waals surface area contributed by atoms with Gasteiger partial charge in [-0.3, -0.25) is 9.59 Å². The fourth-order valence-electron chi connectivity index (χ4n) is 2.17. The predicted molar refractivity (Wildman–Crippen MR) is 68.0 cm³/mol. The zero-order valence-electron chi connectivity index (χ0n) is 10.6. The van der Waals surface area contributed by atoms with E-state index in [1.807, 2.05) is 6.92 Å². The molecule has 0 saturated heterocycles. The number of carboxylic acids is 2. The van der Waals surface area contributed by atoms with E-state index in [0.29, 0.717) is 11.8 Å². The van der Waals surface area contributed by atoms with Gasteiger partial charge in [-0.05, 0) is 12.5 Å². The number of carbonyl (C=O) groups is 3. The number of benzene rings is 1. The van der Waals surface area contributed by atoms with Crippen molar-refractivity contribution in [2.45, 2.75) is 31.6 Å². The van der Waals surface area contributed by atoms with Crippen LogP contribution in [0.15, 0.2) is 24.3 Å². The minimum Gasteiger partial charge on any atom is -0.481 e. The van der Waals surface area contributed by atoms with Gasteiger partial charge in [0.05, 0.1) is 12.8 Å². The summed E-state index contributed by atoms with van der Waals surface area (Å²) in [6.07, 6.45) is -0.331. The number of hydrogen-bond acceptors (Lipinski definition) is 3. The second kappa shape index (κ2) is 6.13. The van der Waals surface area contributed by atoms with Crippen LogP contribution in [0.4, 0.5) is 0 Å². The number of hydrogen-bond donors (Lipinski definition) is 2. The molecule has 0 fully saturated rings. The number of carboxylic acid groups (broad SMARTS) is 2. The molecule has 5 heteroatoms. The summed E-state index contributed by atoms with van der Waals surface area (Å²) in [5, 5.41) is 18.0. The molecule has 0 heterocycles. The Morgan fingerprint density at radius 3 is 1.95 bits per heavy atom. The summed E-state index contributed by atoms with van der Waals surface area (Å²) < 4.78 is 0. The van der Waals surface area contributed by atoms with Crippen molar-refractivity contribution in [3.8, 4) is 0 Å². The summed E-state index contributed by atoms with van der Waals surface area (Å²) in [5.74, 6) is -2.24. The van der Waals surface area contributed by atoms with Crippen molar-refractivity contribution in [3.05, 3.63) is 35.4 Å². The third-order valence-corrected chi connectivity index (χ3v) is 3.12. The van der Waals surface area contributed by atoms with Gasteiger partial charge in [0, 0.05) is 11.8 Å². The molecule has 5 nitrogen and oxygen atoms in total. The SMILES string of the molecule is Cc1ccc(C(CC=O)(CC(=O)O)CC(=O)O)cc1. The van der Waals surface area contributed by atoms with E-state index in [4.69, 9.17) is 10.2 Å². The molecule has 0 aliphatic carbocycles. The van der Waals surface area contributed by atoms with E-state index >= 15 is 0 Å². The molecule has 19 heavy (non-hydrogen) atoms. The fraction of sp³-hybridized carbons (Fsp3) is 0.357. The summed E-state index contributed by atoms with van der Waals surface area (Å²) in [4.78, 5) is 32.8. The Hall–Kier alpha value is -2.17. The summed E-state index contributed by atoms with van der Waals surface area (Å²) in [5.41, 5.74) is 0.358. The van der Waals surface area contributed by atoms with Gasteiger partial charge in [-0.25, -0.2) is 0 Å². The van der Waals surface area contributed by atoms with E-state index in [-0.39, 0.29) is 19.3 Å². The normalized spacial score (nSPS) is 11.0. The third kappa shape index (κ3) is 3.91. The first-order chi connectivity index (χ1) is 8.89. The van der Waals surface area contributed by atoms with Crippen LogP contribution in [0.3, 0.4) is 0 Å². The van der Waals surface area contributed by atoms with Crippen LogP contribution in [0.2, 0.25) is 0 Å². The second-order valence-electron chi connectivity index (χ2n) is 4.66. The smallest absolute Gasteiger partial charge is 0.304 e. The first-order valence-electron chi connectivity index (χ1n) is 5.84. The highest BCUT2D eigenvalue weighted by molar-refractivity contribution is 5.75. The van der Waals surface area contributed by atoms with Gasteiger partial charge in [0.1, 0.15) is 6.29 Å². The standard InChI is InChI=1S/C14H16O5/c1-10-2-4-11(5-3-10)14(6-7-15,8-12(16)17)9-13(18)19/h2-5,7H,6,8-9H2,1H3,(H,16,17)(H,18,19). The zero-order chi connectivity index (χ0) is 14.5. The number of rotatable bonds is 7. The Kier molecular flexibility index (Phi) is 4.80. The lowest BCUT2D eigenvalue weighted by molar-refractivity contribution is -0.141. The highest BCUT2D eigenvalue weighted by atomic mass is 16.4. The molecule has 0 aliphatic rings. The molecular weight excluding hydrogens is 248 g/mol. The molecular formula is C14H16O5. The van der Waals surface area contributed by atoms with Crippen molar-refractivity contribution in [2.75, 3.05) is 0 Å². The third-order valence-electron chi connectivity index (χ3n) is 3.12. The lowest BCUT2D eigenvalue weighted by Crippen LogP contribution is -2.33. The molecule has 0 radical (unpaired) electrons. The Bertz CT molecular complexity index is 459. The molecule has 0 spiro atoms. The maximum absolute atomic E-state index is 11.0. The molecule has 102 valence electrons. The fourth-order valence-corrected chi connectivity index (χ4v) is 2.17. The Labute approximate surface area is 110 Å². The van der Waals surface area contributed by atoms with E-state index in [1.165, 1.54) is 0 Å². The van der Waals surface area contributed by atoms with Gasteiger partial charge >= 0.3 is 11.9 Å². The lowest BCUT2D eigenvalue weighted by atomic mass is 9.72. The van der Waals surface area contributed by atoms with Gasteiger partial charge in [-0.2, -0.15) is 0 Å². The van der Waals surface area contributed by atoms with Crippen molar-refractivity contribution < 1.29 is 24.6 Å². The van der Waals surface area contributed by atoms with Gasteiger partial charge in [0.25, 0.3) is 0 Å². The first kappa shape index (κ1) is 14.9. The maximum atomic E-state index is 11.0. The monoisotopic (exact) mass is 264 g/mol.